The molecule has 6 heteroatoms. The van der Waals surface area contributed by atoms with Crippen LogP contribution in [0.15, 0.2) is 87.1 Å². The molecule has 0 radical (unpaired) electrons. The number of para-hydroxylation sites is 1. The van der Waals surface area contributed by atoms with Crippen LogP contribution in [0.4, 0.5) is 4.79 Å². The van der Waals surface area contributed by atoms with Crippen LogP contribution in [0.5, 0.6) is 0 Å². The van der Waals surface area contributed by atoms with E-state index in [9.17, 15) is 14.4 Å². The Kier molecular flexibility index (Phi) is 4.48. The van der Waals surface area contributed by atoms with Gasteiger partial charge in [0.15, 0.2) is 5.43 Å². The van der Waals surface area contributed by atoms with Crippen molar-refractivity contribution in [2.24, 2.45) is 0 Å². The van der Waals surface area contributed by atoms with Gasteiger partial charge in [-0.05, 0) is 46.3 Å². The summed E-state index contributed by atoms with van der Waals surface area (Å²) in [6.45, 7) is 0.176. The van der Waals surface area contributed by atoms with Gasteiger partial charge >= 0.3 is 0 Å². The summed E-state index contributed by atoms with van der Waals surface area (Å²) in [5.41, 5.74) is 1.37. The molecule has 5 nitrogen and oxygen atoms in total. The van der Waals surface area contributed by atoms with E-state index in [0.29, 0.717) is 11.0 Å². The van der Waals surface area contributed by atoms with Crippen molar-refractivity contribution in [2.75, 3.05) is 0 Å². The summed E-state index contributed by atoms with van der Waals surface area (Å²) in [6, 6.07) is 20.6. The molecule has 0 aliphatic carbocycles. The Bertz CT molecular complexity index is 1410. The first-order valence-electron chi connectivity index (χ1n) is 9.34. The quantitative estimate of drug-likeness (QED) is 0.433. The van der Waals surface area contributed by atoms with E-state index >= 15 is 0 Å². The van der Waals surface area contributed by atoms with E-state index < -0.39 is 5.91 Å². The second-order valence-electron chi connectivity index (χ2n) is 6.92. The lowest BCUT2D eigenvalue weighted by Gasteiger charge is -2.14. The SMILES string of the molecule is O=C1S/C(=C\c2coc3ccccc3c2=O)C(=O)N1Cc1cccc2ccccc12. The number of nitrogens with zero attached hydrogens (tertiary/aromatic N) is 1. The normalized spacial score (nSPS) is 15.6. The fourth-order valence-electron chi connectivity index (χ4n) is 3.57. The van der Waals surface area contributed by atoms with Gasteiger partial charge in [-0.15, -0.1) is 0 Å². The first-order valence-corrected chi connectivity index (χ1v) is 10.2. The zero-order chi connectivity index (χ0) is 20.7. The Morgan fingerprint density at radius 1 is 0.867 bits per heavy atom. The Morgan fingerprint density at radius 2 is 1.60 bits per heavy atom. The number of carbonyl (C=O) groups excluding carboxylic acids is 2. The lowest BCUT2D eigenvalue weighted by Crippen LogP contribution is -2.27. The van der Waals surface area contributed by atoms with Crippen molar-refractivity contribution in [3.05, 3.63) is 99.2 Å². The molecule has 1 aliphatic rings. The summed E-state index contributed by atoms with van der Waals surface area (Å²) in [7, 11) is 0. The molecule has 5 rings (SSSR count). The van der Waals surface area contributed by atoms with Crippen molar-refractivity contribution < 1.29 is 14.0 Å². The van der Waals surface area contributed by atoms with Crippen LogP contribution in [0.3, 0.4) is 0 Å². The van der Waals surface area contributed by atoms with E-state index in [1.54, 1.807) is 24.3 Å². The highest BCUT2D eigenvalue weighted by molar-refractivity contribution is 8.18. The molecule has 1 fully saturated rings. The molecule has 1 aliphatic heterocycles. The molecule has 0 bridgehead atoms. The highest BCUT2D eigenvalue weighted by atomic mass is 32.2. The molecule has 0 saturated carbocycles. The van der Waals surface area contributed by atoms with Gasteiger partial charge < -0.3 is 4.42 Å². The van der Waals surface area contributed by atoms with Gasteiger partial charge in [0, 0.05) is 0 Å². The Hall–Kier alpha value is -3.64. The molecule has 2 heterocycles. The summed E-state index contributed by atoms with van der Waals surface area (Å²) < 4.78 is 5.50. The first kappa shape index (κ1) is 18.4. The Balaban J connectivity index is 1.49. The number of imide groups is 1. The van der Waals surface area contributed by atoms with E-state index in [1.807, 2.05) is 42.5 Å². The maximum Gasteiger partial charge on any atom is 0.293 e. The minimum Gasteiger partial charge on any atom is -0.463 e. The molecule has 1 saturated heterocycles. The van der Waals surface area contributed by atoms with Gasteiger partial charge in [0.25, 0.3) is 11.1 Å². The fraction of sp³-hybridized carbons (Fsp3) is 0.0417. The van der Waals surface area contributed by atoms with Gasteiger partial charge in [0.1, 0.15) is 11.8 Å². The van der Waals surface area contributed by atoms with E-state index in [4.69, 9.17) is 4.42 Å². The van der Waals surface area contributed by atoms with Crippen LogP contribution in [0.2, 0.25) is 0 Å². The molecule has 0 N–H and O–H groups in total. The van der Waals surface area contributed by atoms with E-state index in [-0.39, 0.29) is 27.7 Å². The number of benzene rings is 3. The van der Waals surface area contributed by atoms with Crippen molar-refractivity contribution in [3.8, 4) is 0 Å². The monoisotopic (exact) mass is 413 g/mol. The first-order chi connectivity index (χ1) is 14.6. The Labute approximate surface area is 175 Å². The number of thioether (sulfide) groups is 1. The van der Waals surface area contributed by atoms with Crippen LogP contribution in [-0.4, -0.2) is 16.0 Å². The van der Waals surface area contributed by atoms with Gasteiger partial charge in [-0.3, -0.25) is 19.3 Å². The molecule has 2 amide bonds. The second kappa shape index (κ2) is 7.31. The third-order valence-electron chi connectivity index (χ3n) is 5.08. The third-order valence-corrected chi connectivity index (χ3v) is 5.98. The third kappa shape index (κ3) is 3.11. The summed E-state index contributed by atoms with van der Waals surface area (Å²) >= 11 is 0.833. The Morgan fingerprint density at radius 3 is 2.47 bits per heavy atom. The standard InChI is InChI=1S/C24H15NO4S/c26-22-17(14-29-20-11-4-3-10-19(20)22)12-21-23(27)25(24(28)30-21)13-16-8-5-7-15-6-1-2-9-18(15)16/h1-12,14H,13H2/b21-12-. The van der Waals surface area contributed by atoms with Crippen molar-refractivity contribution in [2.45, 2.75) is 6.54 Å². The smallest absolute Gasteiger partial charge is 0.293 e. The van der Waals surface area contributed by atoms with Crippen molar-refractivity contribution in [1.82, 2.24) is 4.90 Å². The summed E-state index contributed by atoms with van der Waals surface area (Å²) in [5, 5.41) is 2.12. The number of hydrogen-bond donors (Lipinski definition) is 0. The molecule has 30 heavy (non-hydrogen) atoms. The molecule has 0 unspecified atom stereocenters. The minimum atomic E-state index is -0.412. The van der Waals surface area contributed by atoms with Gasteiger partial charge in [0.05, 0.1) is 22.4 Å². The van der Waals surface area contributed by atoms with Crippen molar-refractivity contribution >= 4 is 50.7 Å². The molecular formula is C24H15NO4S. The van der Waals surface area contributed by atoms with E-state index in [2.05, 4.69) is 0 Å². The zero-order valence-electron chi connectivity index (χ0n) is 15.7. The van der Waals surface area contributed by atoms with Crippen LogP contribution in [0, 0.1) is 0 Å². The number of amides is 2. The zero-order valence-corrected chi connectivity index (χ0v) is 16.5. The predicted octanol–water partition coefficient (Wildman–Crippen LogP) is 5.18. The van der Waals surface area contributed by atoms with Crippen molar-refractivity contribution in [3.63, 3.8) is 0 Å². The number of carbonyl (C=O) groups is 2. The molecule has 0 atom stereocenters. The summed E-state index contributed by atoms with van der Waals surface area (Å²) in [4.78, 5) is 39.6. The lowest BCUT2D eigenvalue weighted by molar-refractivity contribution is -0.123. The predicted molar refractivity (Wildman–Crippen MR) is 118 cm³/mol. The number of hydrogen-bond acceptors (Lipinski definition) is 5. The summed E-state index contributed by atoms with van der Waals surface area (Å²) in [6.07, 6.45) is 2.76. The molecular weight excluding hydrogens is 398 g/mol. The minimum absolute atomic E-state index is 0.176. The summed E-state index contributed by atoms with van der Waals surface area (Å²) in [5.74, 6) is -0.412. The van der Waals surface area contributed by atoms with Gasteiger partial charge in [0.2, 0.25) is 0 Å². The average molecular weight is 413 g/mol. The van der Waals surface area contributed by atoms with Crippen LogP contribution in [0.1, 0.15) is 11.1 Å². The topological polar surface area (TPSA) is 67.6 Å². The second-order valence-corrected chi connectivity index (χ2v) is 7.92. The largest absolute Gasteiger partial charge is 0.463 e. The molecule has 3 aromatic carbocycles. The van der Waals surface area contributed by atoms with E-state index in [0.717, 1.165) is 28.1 Å². The van der Waals surface area contributed by atoms with Crippen LogP contribution in [0.25, 0.3) is 27.8 Å². The molecule has 1 aromatic heterocycles. The maximum absolute atomic E-state index is 12.9. The molecule has 146 valence electrons. The lowest BCUT2D eigenvalue weighted by atomic mass is 10.0. The van der Waals surface area contributed by atoms with Crippen LogP contribution < -0.4 is 5.43 Å². The maximum atomic E-state index is 12.9. The van der Waals surface area contributed by atoms with Crippen LogP contribution in [-0.2, 0) is 11.3 Å². The number of rotatable bonds is 3. The van der Waals surface area contributed by atoms with Gasteiger partial charge in [-0.1, -0.05) is 54.6 Å². The molecule has 0 spiro atoms. The number of fused-ring (bicyclic) bond motifs is 2. The highest BCUT2D eigenvalue weighted by Crippen LogP contribution is 2.34. The van der Waals surface area contributed by atoms with Gasteiger partial charge in [-0.25, -0.2) is 0 Å². The highest BCUT2D eigenvalue weighted by Gasteiger charge is 2.35. The van der Waals surface area contributed by atoms with Crippen LogP contribution >= 0.6 is 11.8 Å². The molecule has 4 aromatic rings. The fourth-order valence-corrected chi connectivity index (χ4v) is 4.40. The average Bonchev–Trinajstić information content (AvgIpc) is 3.03. The van der Waals surface area contributed by atoms with Crippen molar-refractivity contribution in [1.29, 1.82) is 0 Å². The van der Waals surface area contributed by atoms with E-state index in [1.165, 1.54) is 17.2 Å². The van der Waals surface area contributed by atoms with Gasteiger partial charge in [-0.2, -0.15) is 0 Å².